The Labute approximate surface area is 79.9 Å². The molecule has 64 valence electrons. The Hall–Kier alpha value is -0.415. The molecular formula is C6H6BCl2NO2. The van der Waals surface area contributed by atoms with Gasteiger partial charge in [0.25, 0.3) is 0 Å². The van der Waals surface area contributed by atoms with Crippen LogP contribution in [0.15, 0.2) is 12.1 Å². The van der Waals surface area contributed by atoms with E-state index in [4.69, 9.17) is 39.0 Å². The van der Waals surface area contributed by atoms with Gasteiger partial charge in [0, 0.05) is 11.2 Å². The molecule has 1 aromatic carbocycles. The third-order valence-corrected chi connectivity index (χ3v) is 2.17. The molecule has 0 saturated heterocycles. The predicted octanol–water partition coefficient (Wildman–Crippen LogP) is 0.255. The van der Waals surface area contributed by atoms with E-state index in [-0.39, 0.29) is 15.5 Å². The fourth-order valence-corrected chi connectivity index (χ4v) is 1.26. The molecule has 0 amide bonds. The summed E-state index contributed by atoms with van der Waals surface area (Å²) in [5.74, 6) is 0. The largest absolute Gasteiger partial charge is 0.490 e. The van der Waals surface area contributed by atoms with Crippen molar-refractivity contribution < 1.29 is 10.0 Å². The first-order chi connectivity index (χ1) is 5.52. The summed E-state index contributed by atoms with van der Waals surface area (Å²) in [5, 5.41) is 17.9. The van der Waals surface area contributed by atoms with Gasteiger partial charge in [0.2, 0.25) is 0 Å². The molecule has 1 aromatic rings. The lowest BCUT2D eigenvalue weighted by atomic mass is 9.80. The van der Waals surface area contributed by atoms with Gasteiger partial charge < -0.3 is 15.8 Å². The van der Waals surface area contributed by atoms with Crippen LogP contribution in [0.4, 0.5) is 5.69 Å². The van der Waals surface area contributed by atoms with Crippen molar-refractivity contribution in [3.63, 3.8) is 0 Å². The first-order valence-electron chi connectivity index (χ1n) is 3.13. The highest BCUT2D eigenvalue weighted by Gasteiger charge is 2.17. The Kier molecular flexibility index (Phi) is 2.85. The molecule has 0 aliphatic heterocycles. The van der Waals surface area contributed by atoms with E-state index < -0.39 is 7.12 Å². The Bertz CT molecular complexity index is 306. The molecule has 0 spiro atoms. The Balaban J connectivity index is 3.28. The zero-order valence-electron chi connectivity index (χ0n) is 5.96. The summed E-state index contributed by atoms with van der Waals surface area (Å²) < 4.78 is 0. The fraction of sp³-hybridized carbons (Fsp3) is 0. The molecule has 0 radical (unpaired) electrons. The second kappa shape index (κ2) is 3.54. The number of benzene rings is 1. The van der Waals surface area contributed by atoms with Crippen molar-refractivity contribution >= 4 is 41.5 Å². The minimum absolute atomic E-state index is 0.112. The summed E-state index contributed by atoms with van der Waals surface area (Å²) in [4.78, 5) is 0. The summed E-state index contributed by atoms with van der Waals surface area (Å²) >= 11 is 11.3. The van der Waals surface area contributed by atoms with Crippen LogP contribution in [0, 0.1) is 0 Å². The van der Waals surface area contributed by atoms with E-state index in [0.717, 1.165) is 0 Å². The Morgan fingerprint density at radius 1 is 1.25 bits per heavy atom. The van der Waals surface area contributed by atoms with Crippen LogP contribution in [0.3, 0.4) is 0 Å². The van der Waals surface area contributed by atoms with Gasteiger partial charge in [-0.2, -0.15) is 0 Å². The molecule has 0 heterocycles. The van der Waals surface area contributed by atoms with Crippen molar-refractivity contribution in [2.24, 2.45) is 0 Å². The van der Waals surface area contributed by atoms with E-state index in [1.54, 1.807) is 0 Å². The summed E-state index contributed by atoms with van der Waals surface area (Å²) in [6.07, 6.45) is 0. The van der Waals surface area contributed by atoms with Gasteiger partial charge in [-0.15, -0.1) is 0 Å². The van der Waals surface area contributed by atoms with E-state index in [0.29, 0.717) is 5.69 Å². The summed E-state index contributed by atoms with van der Waals surface area (Å²) in [6, 6.07) is 2.80. The summed E-state index contributed by atoms with van der Waals surface area (Å²) in [5.41, 5.74) is 5.85. The minimum Gasteiger partial charge on any atom is -0.423 e. The summed E-state index contributed by atoms with van der Waals surface area (Å²) in [7, 11) is -1.65. The van der Waals surface area contributed by atoms with Crippen LogP contribution in [0.2, 0.25) is 10.0 Å². The van der Waals surface area contributed by atoms with Crippen LogP contribution in [-0.2, 0) is 0 Å². The average Bonchev–Trinajstić information content (AvgIpc) is 1.96. The van der Waals surface area contributed by atoms with Crippen molar-refractivity contribution in [2.45, 2.75) is 0 Å². The van der Waals surface area contributed by atoms with E-state index in [1.807, 2.05) is 0 Å². The molecule has 0 unspecified atom stereocenters. The van der Waals surface area contributed by atoms with Gasteiger partial charge in [0.1, 0.15) is 0 Å². The number of nitrogens with two attached hydrogens (primary N) is 1. The van der Waals surface area contributed by atoms with Crippen molar-refractivity contribution in [3.05, 3.63) is 22.2 Å². The highest BCUT2D eigenvalue weighted by molar-refractivity contribution is 6.64. The number of hydrogen-bond acceptors (Lipinski definition) is 3. The van der Waals surface area contributed by atoms with Crippen LogP contribution in [0.5, 0.6) is 0 Å². The zero-order chi connectivity index (χ0) is 9.30. The third-order valence-electron chi connectivity index (χ3n) is 1.36. The van der Waals surface area contributed by atoms with Gasteiger partial charge in [-0.1, -0.05) is 23.2 Å². The molecule has 0 aliphatic carbocycles. The molecule has 0 fully saturated rings. The molecule has 0 saturated carbocycles. The molecule has 3 nitrogen and oxygen atoms in total. The van der Waals surface area contributed by atoms with Crippen LogP contribution in [0.25, 0.3) is 0 Å². The predicted molar refractivity (Wildman–Crippen MR) is 50.7 cm³/mol. The number of rotatable bonds is 1. The zero-order valence-corrected chi connectivity index (χ0v) is 7.47. The Morgan fingerprint density at radius 3 is 2.33 bits per heavy atom. The quantitative estimate of drug-likeness (QED) is 0.455. The van der Waals surface area contributed by atoms with Crippen molar-refractivity contribution in [1.29, 1.82) is 0 Å². The van der Waals surface area contributed by atoms with Gasteiger partial charge >= 0.3 is 7.12 Å². The second-order valence-electron chi connectivity index (χ2n) is 2.28. The molecule has 1 rings (SSSR count). The molecule has 0 atom stereocenters. The molecule has 0 aliphatic rings. The van der Waals surface area contributed by atoms with E-state index in [2.05, 4.69) is 0 Å². The lowest BCUT2D eigenvalue weighted by molar-refractivity contribution is 0.426. The van der Waals surface area contributed by atoms with Crippen LogP contribution in [-0.4, -0.2) is 17.2 Å². The maximum atomic E-state index is 8.81. The smallest absolute Gasteiger partial charge is 0.423 e. The number of nitrogen functional groups attached to an aromatic ring is 1. The fourth-order valence-electron chi connectivity index (χ4n) is 0.820. The van der Waals surface area contributed by atoms with Gasteiger partial charge in [0.15, 0.2) is 0 Å². The molecule has 4 N–H and O–H groups in total. The molecule has 6 heteroatoms. The number of hydrogen-bond donors (Lipinski definition) is 3. The molecule has 12 heavy (non-hydrogen) atoms. The highest BCUT2D eigenvalue weighted by Crippen LogP contribution is 2.22. The van der Waals surface area contributed by atoms with E-state index in [1.165, 1.54) is 12.1 Å². The molecular weight excluding hydrogens is 200 g/mol. The van der Waals surface area contributed by atoms with E-state index in [9.17, 15) is 0 Å². The number of anilines is 1. The van der Waals surface area contributed by atoms with Crippen LogP contribution in [0.1, 0.15) is 0 Å². The topological polar surface area (TPSA) is 66.5 Å². The summed E-state index contributed by atoms with van der Waals surface area (Å²) in [6.45, 7) is 0. The first kappa shape index (κ1) is 9.67. The minimum atomic E-state index is -1.65. The third kappa shape index (κ3) is 1.84. The standard InChI is InChI=1S/C6H6BCl2NO2/c8-5-2-3(10)1-4(6(5)9)7(11)12/h1-2,11-12H,10H2. The second-order valence-corrected chi connectivity index (χ2v) is 3.06. The monoisotopic (exact) mass is 205 g/mol. The van der Waals surface area contributed by atoms with Gasteiger partial charge in [0.05, 0.1) is 10.0 Å². The normalized spacial score (nSPS) is 10.0. The first-order valence-corrected chi connectivity index (χ1v) is 3.88. The maximum absolute atomic E-state index is 8.81. The molecule has 0 aromatic heterocycles. The van der Waals surface area contributed by atoms with E-state index >= 15 is 0 Å². The van der Waals surface area contributed by atoms with Crippen molar-refractivity contribution in [3.8, 4) is 0 Å². The maximum Gasteiger partial charge on any atom is 0.490 e. The van der Waals surface area contributed by atoms with Gasteiger partial charge in [-0.05, 0) is 12.1 Å². The lowest BCUT2D eigenvalue weighted by Gasteiger charge is -2.05. The van der Waals surface area contributed by atoms with Gasteiger partial charge in [-0.25, -0.2) is 0 Å². The van der Waals surface area contributed by atoms with Gasteiger partial charge in [-0.3, -0.25) is 0 Å². The van der Waals surface area contributed by atoms with Crippen LogP contribution >= 0.6 is 23.2 Å². The highest BCUT2D eigenvalue weighted by atomic mass is 35.5. The van der Waals surface area contributed by atoms with Crippen molar-refractivity contribution in [1.82, 2.24) is 0 Å². The molecule has 0 bridgehead atoms. The van der Waals surface area contributed by atoms with Crippen LogP contribution < -0.4 is 11.2 Å². The number of halogens is 2. The van der Waals surface area contributed by atoms with Crippen molar-refractivity contribution in [2.75, 3.05) is 5.73 Å². The lowest BCUT2D eigenvalue weighted by Crippen LogP contribution is -2.31. The average molecular weight is 206 g/mol. The Morgan fingerprint density at radius 2 is 1.83 bits per heavy atom. The SMILES string of the molecule is Nc1cc(Cl)c(Cl)c(B(O)O)c1.